The Kier molecular flexibility index (Phi) is 5.87. The van der Waals surface area contributed by atoms with E-state index < -0.39 is 30.1 Å². The Morgan fingerprint density at radius 2 is 1.88 bits per heavy atom. The summed E-state index contributed by atoms with van der Waals surface area (Å²) in [6.07, 6.45) is -0.827. The van der Waals surface area contributed by atoms with Crippen LogP contribution in [0.2, 0.25) is 0 Å². The molecule has 6 heteroatoms. The molecule has 1 N–H and O–H groups in total. The van der Waals surface area contributed by atoms with Crippen LogP contribution in [0.5, 0.6) is 0 Å². The van der Waals surface area contributed by atoms with Crippen LogP contribution in [0.3, 0.4) is 0 Å². The van der Waals surface area contributed by atoms with Crippen molar-refractivity contribution >= 4 is 17.7 Å². The zero-order valence-corrected chi connectivity index (χ0v) is 13.6. The van der Waals surface area contributed by atoms with E-state index in [1.165, 1.54) is 13.0 Å². The molecule has 24 heavy (non-hydrogen) atoms. The Labute approximate surface area is 140 Å². The molecule has 1 aliphatic rings. The molecule has 0 radical (unpaired) electrons. The van der Waals surface area contributed by atoms with Gasteiger partial charge in [-0.05, 0) is 13.0 Å². The molecule has 0 fully saturated rings. The molecule has 0 amide bonds. The van der Waals surface area contributed by atoms with Gasteiger partial charge >= 0.3 is 11.9 Å². The topological polar surface area (TPSA) is 89.9 Å². The summed E-state index contributed by atoms with van der Waals surface area (Å²) in [7, 11) is 0. The van der Waals surface area contributed by atoms with Gasteiger partial charge in [0.15, 0.2) is 5.78 Å². The molecular weight excluding hydrogens is 312 g/mol. The van der Waals surface area contributed by atoms with Gasteiger partial charge in [-0.2, -0.15) is 0 Å². The second kappa shape index (κ2) is 7.88. The molecule has 1 aromatic carbocycles. The van der Waals surface area contributed by atoms with Gasteiger partial charge in [0.25, 0.3) is 0 Å². The number of ether oxygens (including phenoxy) is 2. The summed E-state index contributed by atoms with van der Waals surface area (Å²) in [4.78, 5) is 36.0. The molecule has 2 rings (SSSR count). The highest BCUT2D eigenvalue weighted by molar-refractivity contribution is 5.99. The van der Waals surface area contributed by atoms with Gasteiger partial charge in [0.2, 0.25) is 0 Å². The van der Waals surface area contributed by atoms with E-state index in [-0.39, 0.29) is 24.4 Å². The van der Waals surface area contributed by atoms with Gasteiger partial charge < -0.3 is 14.6 Å². The SMILES string of the molecule is CCOC(=O)C1=C[C@@H](O)[C@@H](C(=O)c2ccccc2)[C@H](OC(C)=O)C1. The number of aliphatic hydroxyl groups is 1. The van der Waals surface area contributed by atoms with Crippen LogP contribution in [-0.4, -0.2) is 41.6 Å². The van der Waals surface area contributed by atoms with Crippen LogP contribution in [0.1, 0.15) is 30.6 Å². The van der Waals surface area contributed by atoms with Crippen LogP contribution in [0.25, 0.3) is 0 Å². The first kappa shape index (κ1) is 17.9. The van der Waals surface area contributed by atoms with Gasteiger partial charge in [0, 0.05) is 24.5 Å². The van der Waals surface area contributed by atoms with Crippen LogP contribution in [0, 0.1) is 5.92 Å². The summed E-state index contributed by atoms with van der Waals surface area (Å²) in [5, 5.41) is 10.4. The zero-order chi connectivity index (χ0) is 17.7. The smallest absolute Gasteiger partial charge is 0.333 e. The lowest BCUT2D eigenvalue weighted by molar-refractivity contribution is -0.151. The highest BCUT2D eigenvalue weighted by atomic mass is 16.5. The van der Waals surface area contributed by atoms with Crippen molar-refractivity contribution in [2.75, 3.05) is 6.61 Å². The normalized spacial score (nSPS) is 23.1. The molecule has 0 bridgehead atoms. The standard InChI is InChI=1S/C18H20O6/c1-3-23-18(22)13-9-14(20)16(15(10-13)24-11(2)19)17(21)12-7-5-4-6-8-12/h4-9,14-16,20H,3,10H2,1-2H3/t14-,15-,16-/m1/s1. The van der Waals surface area contributed by atoms with Crippen molar-refractivity contribution in [2.24, 2.45) is 5.92 Å². The first-order chi connectivity index (χ1) is 11.4. The predicted octanol–water partition coefficient (Wildman–Crippen LogP) is 1.67. The molecule has 0 aromatic heterocycles. The summed E-state index contributed by atoms with van der Waals surface area (Å²) in [5.74, 6) is -2.47. The number of aliphatic hydroxyl groups excluding tert-OH is 1. The third-order valence-corrected chi connectivity index (χ3v) is 3.78. The van der Waals surface area contributed by atoms with E-state index in [1.807, 2.05) is 0 Å². The summed E-state index contributed by atoms with van der Waals surface area (Å²) in [6, 6.07) is 8.46. The fourth-order valence-electron chi connectivity index (χ4n) is 2.76. The van der Waals surface area contributed by atoms with E-state index in [4.69, 9.17) is 9.47 Å². The van der Waals surface area contributed by atoms with Crippen molar-refractivity contribution in [1.29, 1.82) is 0 Å². The van der Waals surface area contributed by atoms with Crippen molar-refractivity contribution in [3.05, 3.63) is 47.5 Å². The van der Waals surface area contributed by atoms with E-state index in [0.29, 0.717) is 5.56 Å². The monoisotopic (exact) mass is 332 g/mol. The summed E-state index contributed by atoms with van der Waals surface area (Å²) < 4.78 is 10.1. The van der Waals surface area contributed by atoms with Crippen molar-refractivity contribution in [1.82, 2.24) is 0 Å². The highest BCUT2D eigenvalue weighted by Crippen LogP contribution is 2.30. The first-order valence-electron chi connectivity index (χ1n) is 7.76. The number of carbonyl (C=O) groups excluding carboxylic acids is 3. The Morgan fingerprint density at radius 1 is 1.21 bits per heavy atom. The maximum atomic E-state index is 12.7. The van der Waals surface area contributed by atoms with Crippen LogP contribution < -0.4 is 0 Å². The van der Waals surface area contributed by atoms with Crippen LogP contribution in [0.4, 0.5) is 0 Å². The predicted molar refractivity (Wildman–Crippen MR) is 85.2 cm³/mol. The van der Waals surface area contributed by atoms with Crippen LogP contribution >= 0.6 is 0 Å². The number of Topliss-reactive ketones (excluding diaryl/α,β-unsaturated/α-hetero) is 1. The fraction of sp³-hybridized carbons (Fsp3) is 0.389. The second-order valence-corrected chi connectivity index (χ2v) is 5.51. The Bertz CT molecular complexity index is 649. The van der Waals surface area contributed by atoms with Gasteiger partial charge in [0.05, 0.1) is 18.6 Å². The number of carbonyl (C=O) groups is 3. The molecule has 0 aliphatic heterocycles. The molecule has 0 unspecified atom stereocenters. The fourth-order valence-corrected chi connectivity index (χ4v) is 2.76. The third kappa shape index (κ3) is 4.08. The molecule has 1 aliphatic carbocycles. The van der Waals surface area contributed by atoms with Gasteiger partial charge in [-0.1, -0.05) is 30.3 Å². The third-order valence-electron chi connectivity index (χ3n) is 3.78. The summed E-state index contributed by atoms with van der Waals surface area (Å²) in [6.45, 7) is 3.08. The maximum absolute atomic E-state index is 12.7. The lowest BCUT2D eigenvalue weighted by Crippen LogP contribution is -2.43. The Hall–Kier alpha value is -2.47. The maximum Gasteiger partial charge on any atom is 0.333 e. The average Bonchev–Trinajstić information content (AvgIpc) is 2.54. The lowest BCUT2D eigenvalue weighted by atomic mass is 9.80. The molecular formula is C18H20O6. The molecule has 6 nitrogen and oxygen atoms in total. The first-order valence-corrected chi connectivity index (χ1v) is 7.76. The van der Waals surface area contributed by atoms with Crippen molar-refractivity contribution in [3.63, 3.8) is 0 Å². The zero-order valence-electron chi connectivity index (χ0n) is 13.6. The number of esters is 2. The van der Waals surface area contributed by atoms with E-state index in [0.717, 1.165) is 0 Å². The molecule has 0 heterocycles. The molecule has 0 saturated heterocycles. The van der Waals surface area contributed by atoms with Gasteiger partial charge in [-0.3, -0.25) is 9.59 Å². The van der Waals surface area contributed by atoms with E-state index in [9.17, 15) is 19.5 Å². The number of hydrogen-bond acceptors (Lipinski definition) is 6. The second-order valence-electron chi connectivity index (χ2n) is 5.51. The van der Waals surface area contributed by atoms with Gasteiger partial charge in [-0.25, -0.2) is 4.79 Å². The molecule has 1 aromatic rings. The number of benzene rings is 1. The van der Waals surface area contributed by atoms with Gasteiger partial charge in [-0.15, -0.1) is 0 Å². The highest BCUT2D eigenvalue weighted by Gasteiger charge is 2.41. The van der Waals surface area contributed by atoms with E-state index in [2.05, 4.69) is 0 Å². The van der Waals surface area contributed by atoms with Crippen molar-refractivity contribution < 1.29 is 29.0 Å². The summed E-state index contributed by atoms with van der Waals surface area (Å²) >= 11 is 0. The molecule has 128 valence electrons. The summed E-state index contributed by atoms with van der Waals surface area (Å²) in [5.41, 5.74) is 0.611. The van der Waals surface area contributed by atoms with Crippen LogP contribution in [0.15, 0.2) is 42.0 Å². The quantitative estimate of drug-likeness (QED) is 0.652. The Morgan fingerprint density at radius 3 is 2.46 bits per heavy atom. The minimum absolute atomic E-state index is 0.0265. The minimum atomic E-state index is -1.24. The number of hydrogen-bond donors (Lipinski definition) is 1. The lowest BCUT2D eigenvalue weighted by Gasteiger charge is -2.32. The Balaban J connectivity index is 2.32. The van der Waals surface area contributed by atoms with E-state index >= 15 is 0 Å². The van der Waals surface area contributed by atoms with Gasteiger partial charge in [0.1, 0.15) is 6.10 Å². The molecule has 0 saturated carbocycles. The largest absolute Gasteiger partial charge is 0.463 e. The van der Waals surface area contributed by atoms with Crippen molar-refractivity contribution in [3.8, 4) is 0 Å². The van der Waals surface area contributed by atoms with Crippen LogP contribution in [-0.2, 0) is 19.1 Å². The average molecular weight is 332 g/mol. The molecule has 0 spiro atoms. The number of ketones is 1. The minimum Gasteiger partial charge on any atom is -0.463 e. The van der Waals surface area contributed by atoms with E-state index in [1.54, 1.807) is 37.3 Å². The number of rotatable bonds is 5. The molecule has 3 atom stereocenters. The van der Waals surface area contributed by atoms with Crippen molar-refractivity contribution in [2.45, 2.75) is 32.5 Å².